The highest BCUT2D eigenvalue weighted by Gasteiger charge is 2.25. The largest absolute Gasteiger partial charge is 0.507 e. The van der Waals surface area contributed by atoms with Crippen molar-refractivity contribution < 1.29 is 9.90 Å². The molecule has 0 aliphatic rings. The minimum atomic E-state index is -0.466. The Balaban J connectivity index is 2.33. The zero-order chi connectivity index (χ0) is 17.3. The van der Waals surface area contributed by atoms with Crippen LogP contribution in [0.15, 0.2) is 59.4 Å². The predicted molar refractivity (Wildman–Crippen MR) is 94.4 cm³/mol. The van der Waals surface area contributed by atoms with Gasteiger partial charge in [0.2, 0.25) is 0 Å². The number of aromatic nitrogens is 1. The molecule has 2 aromatic carbocycles. The van der Waals surface area contributed by atoms with Crippen molar-refractivity contribution >= 4 is 16.7 Å². The van der Waals surface area contributed by atoms with Gasteiger partial charge in [0, 0.05) is 24.8 Å². The second-order valence-corrected chi connectivity index (χ2v) is 6.01. The minimum Gasteiger partial charge on any atom is -0.507 e. The first-order valence-electron chi connectivity index (χ1n) is 7.85. The van der Waals surface area contributed by atoms with Gasteiger partial charge in [0.1, 0.15) is 11.5 Å². The van der Waals surface area contributed by atoms with E-state index in [-0.39, 0.29) is 29.1 Å². The van der Waals surface area contributed by atoms with E-state index in [2.05, 4.69) is 0 Å². The van der Waals surface area contributed by atoms with E-state index in [1.165, 1.54) is 11.5 Å². The predicted octanol–water partition coefficient (Wildman–Crippen LogP) is 3.36. The summed E-state index contributed by atoms with van der Waals surface area (Å²) in [4.78, 5) is 24.7. The number of pyridine rings is 1. The smallest absolute Gasteiger partial charge is 0.258 e. The number of aromatic hydroxyl groups is 1. The number of hydrogen-bond donors (Lipinski definition) is 1. The van der Waals surface area contributed by atoms with Crippen LogP contribution < -0.4 is 5.56 Å². The Morgan fingerprint density at radius 2 is 1.71 bits per heavy atom. The fraction of sp³-hybridized carbons (Fsp3) is 0.200. The molecule has 3 aromatic rings. The molecule has 0 saturated heterocycles. The number of benzene rings is 2. The molecule has 0 saturated carbocycles. The molecule has 0 unspecified atom stereocenters. The van der Waals surface area contributed by atoms with Gasteiger partial charge in [-0.15, -0.1) is 0 Å². The second-order valence-electron chi connectivity index (χ2n) is 6.01. The number of rotatable bonds is 4. The maximum Gasteiger partial charge on any atom is 0.258 e. The van der Waals surface area contributed by atoms with Crippen LogP contribution in [-0.4, -0.2) is 15.5 Å². The summed E-state index contributed by atoms with van der Waals surface area (Å²) in [6.45, 7) is 1.50. The second kappa shape index (κ2) is 6.32. The number of aryl methyl sites for hydroxylation is 1. The highest BCUT2D eigenvalue weighted by molar-refractivity contribution is 5.87. The Morgan fingerprint density at radius 3 is 2.38 bits per heavy atom. The molecule has 3 rings (SSSR count). The van der Waals surface area contributed by atoms with Gasteiger partial charge in [0.15, 0.2) is 0 Å². The molecule has 0 bridgehead atoms. The summed E-state index contributed by atoms with van der Waals surface area (Å²) in [6, 6.07) is 16.6. The molecule has 0 aliphatic heterocycles. The molecule has 0 radical (unpaired) electrons. The van der Waals surface area contributed by atoms with Crippen LogP contribution in [0.25, 0.3) is 10.9 Å². The summed E-state index contributed by atoms with van der Waals surface area (Å²) in [5, 5.41) is 11.4. The van der Waals surface area contributed by atoms with Crippen LogP contribution in [0.3, 0.4) is 0 Å². The summed E-state index contributed by atoms with van der Waals surface area (Å²) < 4.78 is 1.53. The maximum atomic E-state index is 12.9. The molecule has 0 aliphatic carbocycles. The van der Waals surface area contributed by atoms with Crippen LogP contribution in [0.2, 0.25) is 0 Å². The van der Waals surface area contributed by atoms with Crippen molar-refractivity contribution in [3.8, 4) is 5.75 Å². The molecule has 4 heteroatoms. The Hall–Kier alpha value is -2.88. The molecule has 1 heterocycles. The Kier molecular flexibility index (Phi) is 4.21. The summed E-state index contributed by atoms with van der Waals surface area (Å²) in [6.07, 6.45) is 0.172. The van der Waals surface area contributed by atoms with Crippen LogP contribution in [0, 0.1) is 0 Å². The summed E-state index contributed by atoms with van der Waals surface area (Å²) >= 11 is 0. The van der Waals surface area contributed by atoms with E-state index in [1.807, 2.05) is 42.5 Å². The van der Waals surface area contributed by atoms with Gasteiger partial charge in [-0.1, -0.05) is 42.5 Å². The van der Waals surface area contributed by atoms with Gasteiger partial charge in [-0.2, -0.15) is 0 Å². The third kappa shape index (κ3) is 2.71. The maximum absolute atomic E-state index is 12.9. The van der Waals surface area contributed by atoms with Crippen LogP contribution >= 0.6 is 0 Å². The number of carbonyl (C=O) groups is 1. The van der Waals surface area contributed by atoms with Gasteiger partial charge in [0.25, 0.3) is 5.56 Å². The topological polar surface area (TPSA) is 59.3 Å². The van der Waals surface area contributed by atoms with E-state index in [9.17, 15) is 14.7 Å². The molecule has 24 heavy (non-hydrogen) atoms. The van der Waals surface area contributed by atoms with Gasteiger partial charge in [-0.25, -0.2) is 0 Å². The third-order valence-electron chi connectivity index (χ3n) is 4.35. The highest BCUT2D eigenvalue weighted by Crippen LogP contribution is 2.35. The zero-order valence-corrected chi connectivity index (χ0v) is 13.7. The number of hydrogen-bond acceptors (Lipinski definition) is 3. The van der Waals surface area contributed by atoms with Crippen molar-refractivity contribution in [3.63, 3.8) is 0 Å². The lowest BCUT2D eigenvalue weighted by Gasteiger charge is -2.20. The molecule has 1 aromatic heterocycles. The van der Waals surface area contributed by atoms with Gasteiger partial charge >= 0.3 is 0 Å². The van der Waals surface area contributed by atoms with E-state index >= 15 is 0 Å². The number of fused-ring (bicyclic) bond motifs is 1. The van der Waals surface area contributed by atoms with Gasteiger partial charge in [-0.05, 0) is 24.6 Å². The molecule has 0 fully saturated rings. The summed E-state index contributed by atoms with van der Waals surface area (Å²) in [5.74, 6) is -0.533. The van der Waals surface area contributed by atoms with Crippen molar-refractivity contribution in [1.29, 1.82) is 0 Å². The quantitative estimate of drug-likeness (QED) is 0.801. The van der Waals surface area contributed by atoms with Gasteiger partial charge in [-0.3, -0.25) is 9.59 Å². The van der Waals surface area contributed by atoms with E-state index in [0.29, 0.717) is 10.9 Å². The molecule has 0 spiro atoms. The van der Waals surface area contributed by atoms with E-state index in [0.717, 1.165) is 5.56 Å². The third-order valence-corrected chi connectivity index (χ3v) is 4.35. The number of carbonyl (C=O) groups excluding carboxylic acids is 1. The number of para-hydroxylation sites is 1. The fourth-order valence-corrected chi connectivity index (χ4v) is 3.18. The van der Waals surface area contributed by atoms with E-state index in [1.54, 1.807) is 19.2 Å². The number of ketones is 1. The Bertz CT molecular complexity index is 958. The standard InChI is InChI=1S/C20H19NO3/c1-13(22)12-16(14-8-4-3-5-9-14)18-19(23)15-10-6-7-11-17(15)21(2)20(18)24/h3-11,16,23H,12H2,1-2H3/t16-/m0/s1. The first-order valence-corrected chi connectivity index (χ1v) is 7.85. The highest BCUT2D eigenvalue weighted by atomic mass is 16.3. The van der Waals surface area contributed by atoms with E-state index in [4.69, 9.17) is 0 Å². The van der Waals surface area contributed by atoms with Gasteiger partial charge in [0.05, 0.1) is 11.1 Å². The van der Waals surface area contributed by atoms with Crippen molar-refractivity contribution in [3.05, 3.63) is 76.1 Å². The molecule has 122 valence electrons. The van der Waals surface area contributed by atoms with Crippen molar-refractivity contribution in [2.45, 2.75) is 19.3 Å². The Labute approximate surface area is 140 Å². The number of Topliss-reactive ketones (excluding diaryl/α,β-unsaturated/α-hetero) is 1. The first kappa shape index (κ1) is 16.0. The van der Waals surface area contributed by atoms with Crippen molar-refractivity contribution in [2.75, 3.05) is 0 Å². The lowest BCUT2D eigenvalue weighted by Crippen LogP contribution is -2.25. The van der Waals surface area contributed by atoms with E-state index < -0.39 is 5.92 Å². The average molecular weight is 321 g/mol. The molecular formula is C20H19NO3. The summed E-state index contributed by atoms with van der Waals surface area (Å²) in [7, 11) is 1.68. The van der Waals surface area contributed by atoms with Crippen molar-refractivity contribution in [1.82, 2.24) is 4.57 Å². The monoisotopic (exact) mass is 321 g/mol. The van der Waals surface area contributed by atoms with Crippen LogP contribution in [0.4, 0.5) is 0 Å². The Morgan fingerprint density at radius 1 is 1.08 bits per heavy atom. The van der Waals surface area contributed by atoms with Crippen molar-refractivity contribution in [2.24, 2.45) is 7.05 Å². The molecule has 0 amide bonds. The molecular weight excluding hydrogens is 302 g/mol. The normalized spacial score (nSPS) is 12.2. The molecule has 4 nitrogen and oxygen atoms in total. The van der Waals surface area contributed by atoms with Gasteiger partial charge < -0.3 is 9.67 Å². The van der Waals surface area contributed by atoms with Crippen LogP contribution in [0.5, 0.6) is 5.75 Å². The first-order chi connectivity index (χ1) is 11.5. The lowest BCUT2D eigenvalue weighted by atomic mass is 9.86. The summed E-state index contributed by atoms with van der Waals surface area (Å²) in [5.41, 5.74) is 1.51. The SMILES string of the molecule is CC(=O)C[C@@H](c1ccccc1)c1c(O)c2ccccc2n(C)c1=O. The lowest BCUT2D eigenvalue weighted by molar-refractivity contribution is -0.117. The zero-order valence-electron chi connectivity index (χ0n) is 13.7. The number of nitrogens with zero attached hydrogens (tertiary/aromatic N) is 1. The molecule has 1 N–H and O–H groups in total. The van der Waals surface area contributed by atoms with Crippen LogP contribution in [0.1, 0.15) is 30.4 Å². The molecule has 1 atom stereocenters. The minimum absolute atomic E-state index is 0.0292. The average Bonchev–Trinajstić information content (AvgIpc) is 2.59. The van der Waals surface area contributed by atoms with Crippen LogP contribution in [-0.2, 0) is 11.8 Å². The fourth-order valence-electron chi connectivity index (χ4n) is 3.18.